The molecule has 1 heterocycles. The monoisotopic (exact) mass is 585 g/mol. The second kappa shape index (κ2) is 14.4. The molecule has 0 radical (unpaired) electrons. The fourth-order valence-corrected chi connectivity index (χ4v) is 4.61. The van der Waals surface area contributed by atoms with Crippen LogP contribution in [0.3, 0.4) is 0 Å². The summed E-state index contributed by atoms with van der Waals surface area (Å²) in [5.41, 5.74) is 3.97. The van der Waals surface area contributed by atoms with Gasteiger partial charge in [-0.1, -0.05) is 17.7 Å². The highest BCUT2D eigenvalue weighted by atomic mass is 16.6. The van der Waals surface area contributed by atoms with E-state index in [1.165, 1.54) is 12.0 Å². The number of carbonyl (C=O) groups is 1. The van der Waals surface area contributed by atoms with Crippen molar-refractivity contribution in [3.63, 3.8) is 0 Å². The molecule has 0 aliphatic heterocycles. The van der Waals surface area contributed by atoms with Crippen LogP contribution in [0.5, 0.6) is 23.0 Å². The van der Waals surface area contributed by atoms with E-state index in [-0.39, 0.29) is 5.82 Å². The lowest BCUT2D eigenvalue weighted by Crippen LogP contribution is -2.31. The second-order valence-electron chi connectivity index (χ2n) is 10.4. The molecule has 0 saturated carbocycles. The highest BCUT2D eigenvalue weighted by molar-refractivity contribution is 5.98. The highest BCUT2D eigenvalue weighted by Crippen LogP contribution is 2.37. The molecule has 1 aromatic heterocycles. The van der Waals surface area contributed by atoms with Crippen LogP contribution in [0.4, 0.5) is 27.9 Å². The van der Waals surface area contributed by atoms with Gasteiger partial charge in [-0.2, -0.15) is 4.98 Å². The Balaban J connectivity index is 1.62. The number of aryl methyl sites for hydroxylation is 3. The Morgan fingerprint density at radius 1 is 0.884 bits per heavy atom. The Morgan fingerprint density at radius 2 is 1.58 bits per heavy atom. The van der Waals surface area contributed by atoms with Gasteiger partial charge in [-0.25, -0.2) is 14.7 Å². The van der Waals surface area contributed by atoms with Crippen molar-refractivity contribution in [1.29, 1.82) is 0 Å². The largest absolute Gasteiger partial charge is 0.497 e. The maximum Gasteiger partial charge on any atom is 0.425 e. The number of methoxy groups -OCH3 is 2. The lowest BCUT2D eigenvalue weighted by Gasteiger charge is -2.24. The Kier molecular flexibility index (Phi) is 10.4. The third-order valence-electron chi connectivity index (χ3n) is 6.60. The third kappa shape index (κ3) is 8.14. The number of aromatic nitrogens is 2. The summed E-state index contributed by atoms with van der Waals surface area (Å²) in [6.07, 6.45) is 1.86. The van der Waals surface area contributed by atoms with Crippen molar-refractivity contribution in [3.05, 3.63) is 83.6 Å². The zero-order valence-electron chi connectivity index (χ0n) is 25.8. The van der Waals surface area contributed by atoms with E-state index in [9.17, 15) is 4.79 Å². The summed E-state index contributed by atoms with van der Waals surface area (Å²) in [5, 5.41) is 3.21. The molecule has 0 bridgehead atoms. The minimum absolute atomic E-state index is 0.286. The molecular weight excluding hydrogens is 546 g/mol. The van der Waals surface area contributed by atoms with E-state index in [0.29, 0.717) is 35.5 Å². The Hall–Kier alpha value is -4.83. The molecule has 226 valence electrons. The van der Waals surface area contributed by atoms with Crippen LogP contribution in [0.2, 0.25) is 0 Å². The number of ether oxygens (including phenoxy) is 4. The van der Waals surface area contributed by atoms with Gasteiger partial charge in [0.25, 0.3) is 0 Å². The Morgan fingerprint density at radius 3 is 2.23 bits per heavy atom. The average Bonchev–Trinajstić information content (AvgIpc) is 2.98. The van der Waals surface area contributed by atoms with Gasteiger partial charge in [-0.3, -0.25) is 0 Å². The number of benzene rings is 3. The Labute approximate surface area is 253 Å². The molecule has 0 saturated heterocycles. The summed E-state index contributed by atoms with van der Waals surface area (Å²) < 4.78 is 22.8. The molecule has 1 N–H and O–H groups in total. The molecular formula is C33H39N5O5. The number of carbonyl (C=O) groups excluding carboxylic acids is 1. The van der Waals surface area contributed by atoms with Crippen molar-refractivity contribution >= 4 is 29.2 Å². The van der Waals surface area contributed by atoms with Gasteiger partial charge in [0.1, 0.15) is 28.8 Å². The third-order valence-corrected chi connectivity index (χ3v) is 6.60. The van der Waals surface area contributed by atoms with E-state index in [1.807, 2.05) is 71.3 Å². The van der Waals surface area contributed by atoms with Crippen LogP contribution < -0.4 is 29.2 Å². The molecule has 0 spiro atoms. The van der Waals surface area contributed by atoms with E-state index in [0.717, 1.165) is 41.1 Å². The van der Waals surface area contributed by atoms with E-state index in [2.05, 4.69) is 20.2 Å². The smallest absolute Gasteiger partial charge is 0.425 e. The van der Waals surface area contributed by atoms with Crippen LogP contribution in [-0.4, -0.2) is 62.4 Å². The van der Waals surface area contributed by atoms with Crippen molar-refractivity contribution in [2.24, 2.45) is 0 Å². The first kappa shape index (κ1) is 31.1. The number of hydrogen-bond donors (Lipinski definition) is 1. The van der Waals surface area contributed by atoms with Crippen LogP contribution in [0.1, 0.15) is 23.1 Å². The van der Waals surface area contributed by atoms with Gasteiger partial charge >= 0.3 is 6.09 Å². The van der Waals surface area contributed by atoms with Crippen LogP contribution in [0, 0.1) is 20.8 Å². The van der Waals surface area contributed by atoms with Crippen molar-refractivity contribution < 1.29 is 23.7 Å². The lowest BCUT2D eigenvalue weighted by atomic mass is 10.1. The normalized spacial score (nSPS) is 10.8. The number of hydrogen-bond acceptors (Lipinski definition) is 9. The van der Waals surface area contributed by atoms with Crippen molar-refractivity contribution in [2.45, 2.75) is 27.2 Å². The molecule has 3 aromatic carbocycles. The summed E-state index contributed by atoms with van der Waals surface area (Å²) in [5.74, 6) is 2.84. The lowest BCUT2D eigenvalue weighted by molar-refractivity contribution is 0.209. The summed E-state index contributed by atoms with van der Waals surface area (Å²) in [6.45, 7) is 7.42. The molecule has 1 amide bonds. The van der Waals surface area contributed by atoms with Gasteiger partial charge in [0.2, 0.25) is 5.95 Å². The standard InChI is InChI=1S/C33H39N5O5/c1-22-19-23(2)31(24(3)20-22)43-33(39)38(28-14-13-27(40-6)21-29(28)41-7)30-15-16-34-32(36-30)35-25-9-11-26(12-10-25)42-18-8-17-37(4)5/h9-16,19-21H,8,17-18H2,1-7H3,(H,34,35,36). The first-order valence-electron chi connectivity index (χ1n) is 14.0. The SMILES string of the molecule is COc1ccc(N(C(=O)Oc2c(C)cc(C)cc2C)c2ccnc(Nc3ccc(OCCCN(C)C)cc3)n2)c(OC)c1. The van der Waals surface area contributed by atoms with Gasteiger partial charge in [0.15, 0.2) is 0 Å². The molecule has 10 nitrogen and oxygen atoms in total. The van der Waals surface area contributed by atoms with Gasteiger partial charge in [-0.15, -0.1) is 0 Å². The maximum atomic E-state index is 13.9. The van der Waals surface area contributed by atoms with E-state index < -0.39 is 6.09 Å². The summed E-state index contributed by atoms with van der Waals surface area (Å²) in [4.78, 5) is 26.4. The van der Waals surface area contributed by atoms with E-state index >= 15 is 0 Å². The summed E-state index contributed by atoms with van der Waals surface area (Å²) in [7, 11) is 7.17. The first-order valence-corrected chi connectivity index (χ1v) is 14.0. The van der Waals surface area contributed by atoms with Crippen LogP contribution in [0.25, 0.3) is 0 Å². The van der Waals surface area contributed by atoms with Crippen molar-refractivity contribution in [1.82, 2.24) is 14.9 Å². The fourth-order valence-electron chi connectivity index (χ4n) is 4.61. The number of anilines is 4. The molecule has 0 unspecified atom stereocenters. The second-order valence-corrected chi connectivity index (χ2v) is 10.4. The molecule has 10 heteroatoms. The zero-order chi connectivity index (χ0) is 30.9. The van der Waals surface area contributed by atoms with Gasteiger partial charge in [0, 0.05) is 30.6 Å². The quantitative estimate of drug-likeness (QED) is 0.179. The molecule has 4 aromatic rings. The molecule has 0 fully saturated rings. The van der Waals surface area contributed by atoms with Crippen LogP contribution in [-0.2, 0) is 0 Å². The zero-order valence-corrected chi connectivity index (χ0v) is 25.8. The predicted octanol–water partition coefficient (Wildman–Crippen LogP) is 6.83. The van der Waals surface area contributed by atoms with Gasteiger partial charge in [0.05, 0.1) is 26.5 Å². The van der Waals surface area contributed by atoms with Crippen LogP contribution in [0.15, 0.2) is 66.9 Å². The average molecular weight is 586 g/mol. The van der Waals surface area contributed by atoms with Crippen molar-refractivity contribution in [3.8, 4) is 23.0 Å². The van der Waals surface area contributed by atoms with E-state index in [4.69, 9.17) is 18.9 Å². The molecule has 0 atom stereocenters. The molecule has 0 aliphatic rings. The van der Waals surface area contributed by atoms with Gasteiger partial charge < -0.3 is 29.2 Å². The molecule has 43 heavy (non-hydrogen) atoms. The fraction of sp³-hybridized carbons (Fsp3) is 0.303. The number of rotatable bonds is 12. The first-order chi connectivity index (χ1) is 20.7. The summed E-state index contributed by atoms with van der Waals surface area (Å²) in [6, 6.07) is 18.3. The molecule has 4 rings (SSSR count). The summed E-state index contributed by atoms with van der Waals surface area (Å²) >= 11 is 0. The minimum Gasteiger partial charge on any atom is -0.497 e. The maximum absolute atomic E-state index is 13.9. The minimum atomic E-state index is -0.654. The van der Waals surface area contributed by atoms with E-state index in [1.54, 1.807) is 37.6 Å². The topological polar surface area (TPSA) is 98.3 Å². The number of amides is 1. The van der Waals surface area contributed by atoms with Crippen molar-refractivity contribution in [2.75, 3.05) is 51.7 Å². The number of nitrogens with zero attached hydrogens (tertiary/aromatic N) is 4. The van der Waals surface area contributed by atoms with Crippen LogP contribution >= 0.6 is 0 Å². The molecule has 0 aliphatic carbocycles. The van der Waals surface area contributed by atoms with Gasteiger partial charge in [-0.05, 0) is 88.8 Å². The predicted molar refractivity (Wildman–Crippen MR) is 169 cm³/mol. The number of nitrogens with one attached hydrogen (secondary N) is 1. The Bertz CT molecular complexity index is 1520. The highest BCUT2D eigenvalue weighted by Gasteiger charge is 2.27.